The lowest BCUT2D eigenvalue weighted by atomic mass is 9.91. The quantitative estimate of drug-likeness (QED) is 0.490. The van der Waals surface area contributed by atoms with Gasteiger partial charge in [-0.15, -0.1) is 0 Å². The Kier molecular flexibility index (Phi) is 8.57. The summed E-state index contributed by atoms with van der Waals surface area (Å²) in [4.78, 5) is 34.9. The first-order chi connectivity index (χ1) is 8.97. The Morgan fingerprint density at radius 3 is 1.79 bits per heavy atom. The Hall–Kier alpha value is -1.59. The van der Waals surface area contributed by atoms with Crippen molar-refractivity contribution in [3.8, 4) is 0 Å². The fraction of sp³-hybridized carbons (Fsp3) is 0.769. The number of hydrogen-bond donors (Lipinski definition) is 0. The van der Waals surface area contributed by atoms with Gasteiger partial charge in [0.15, 0.2) is 0 Å². The number of carbonyl (C=O) groups is 3. The van der Waals surface area contributed by atoms with E-state index in [9.17, 15) is 14.4 Å². The molecule has 0 aromatic rings. The maximum absolute atomic E-state index is 11.8. The van der Waals surface area contributed by atoms with E-state index in [1.54, 1.807) is 27.7 Å². The van der Waals surface area contributed by atoms with E-state index in [-0.39, 0.29) is 26.2 Å². The van der Waals surface area contributed by atoms with Gasteiger partial charge in [0.1, 0.15) is 0 Å². The van der Waals surface area contributed by atoms with E-state index in [0.717, 1.165) is 0 Å². The summed E-state index contributed by atoms with van der Waals surface area (Å²) in [6.45, 7) is 7.18. The maximum Gasteiger partial charge on any atom is 0.310 e. The molecule has 0 aliphatic rings. The third-order valence-electron chi connectivity index (χ3n) is 2.54. The fourth-order valence-electron chi connectivity index (χ4n) is 1.55. The average molecular weight is 274 g/mol. The van der Waals surface area contributed by atoms with Gasteiger partial charge in [-0.3, -0.25) is 14.4 Å². The molecule has 0 rings (SSSR count). The average Bonchev–Trinajstić information content (AvgIpc) is 2.36. The van der Waals surface area contributed by atoms with Crippen LogP contribution in [0.4, 0.5) is 0 Å². The SMILES string of the molecule is CCOC(=O)C[C@@H](C(=O)OCC)[C@H](C)C(=O)OCC. The fourth-order valence-corrected chi connectivity index (χ4v) is 1.55. The molecule has 0 saturated heterocycles. The highest BCUT2D eigenvalue weighted by molar-refractivity contribution is 5.85. The molecule has 0 aromatic carbocycles. The Morgan fingerprint density at radius 2 is 1.32 bits per heavy atom. The van der Waals surface area contributed by atoms with Crippen molar-refractivity contribution in [2.24, 2.45) is 11.8 Å². The van der Waals surface area contributed by atoms with E-state index in [1.807, 2.05) is 0 Å². The first-order valence-electron chi connectivity index (χ1n) is 6.46. The number of esters is 3. The van der Waals surface area contributed by atoms with Gasteiger partial charge in [-0.2, -0.15) is 0 Å². The molecule has 0 spiro atoms. The van der Waals surface area contributed by atoms with Crippen LogP contribution in [0.1, 0.15) is 34.1 Å². The lowest BCUT2D eigenvalue weighted by Gasteiger charge is -2.20. The van der Waals surface area contributed by atoms with Crippen LogP contribution in [0, 0.1) is 11.8 Å². The molecule has 19 heavy (non-hydrogen) atoms. The molecular formula is C13H22O6. The van der Waals surface area contributed by atoms with Gasteiger partial charge in [-0.1, -0.05) is 6.92 Å². The van der Waals surface area contributed by atoms with E-state index in [2.05, 4.69) is 0 Å². The van der Waals surface area contributed by atoms with Crippen molar-refractivity contribution in [2.45, 2.75) is 34.1 Å². The zero-order chi connectivity index (χ0) is 14.8. The zero-order valence-corrected chi connectivity index (χ0v) is 11.9. The molecule has 0 radical (unpaired) electrons. The Morgan fingerprint density at radius 1 is 0.842 bits per heavy atom. The molecular weight excluding hydrogens is 252 g/mol. The standard InChI is InChI=1S/C13H22O6/c1-5-17-11(14)8-10(13(16)19-7-3)9(4)12(15)18-6-2/h9-10H,5-8H2,1-4H3/t9-,10+/m0/s1. The van der Waals surface area contributed by atoms with Crippen molar-refractivity contribution in [3.05, 3.63) is 0 Å². The van der Waals surface area contributed by atoms with Crippen molar-refractivity contribution in [1.82, 2.24) is 0 Å². The van der Waals surface area contributed by atoms with E-state index < -0.39 is 29.7 Å². The van der Waals surface area contributed by atoms with Crippen LogP contribution in [-0.4, -0.2) is 37.7 Å². The number of carbonyl (C=O) groups excluding carboxylic acids is 3. The van der Waals surface area contributed by atoms with Crippen LogP contribution in [0.3, 0.4) is 0 Å². The largest absolute Gasteiger partial charge is 0.466 e. The molecule has 6 heteroatoms. The summed E-state index contributed by atoms with van der Waals surface area (Å²) in [5.74, 6) is -3.26. The lowest BCUT2D eigenvalue weighted by Crippen LogP contribution is -2.33. The number of hydrogen-bond acceptors (Lipinski definition) is 6. The minimum Gasteiger partial charge on any atom is -0.466 e. The molecule has 0 bridgehead atoms. The molecule has 0 N–H and O–H groups in total. The molecule has 2 atom stereocenters. The minimum atomic E-state index is -0.877. The molecule has 0 saturated carbocycles. The molecule has 110 valence electrons. The summed E-state index contributed by atoms with van der Waals surface area (Å²) in [5.41, 5.74) is 0. The summed E-state index contributed by atoms with van der Waals surface area (Å²) in [5, 5.41) is 0. The summed E-state index contributed by atoms with van der Waals surface area (Å²) < 4.78 is 14.5. The van der Waals surface area contributed by atoms with Gasteiger partial charge >= 0.3 is 17.9 Å². The Balaban J connectivity index is 4.79. The Bertz CT molecular complexity index is 312. The van der Waals surface area contributed by atoms with Crippen LogP contribution in [0.25, 0.3) is 0 Å². The van der Waals surface area contributed by atoms with Crippen molar-refractivity contribution < 1.29 is 28.6 Å². The third-order valence-corrected chi connectivity index (χ3v) is 2.54. The van der Waals surface area contributed by atoms with Crippen molar-refractivity contribution in [3.63, 3.8) is 0 Å². The van der Waals surface area contributed by atoms with Crippen LogP contribution >= 0.6 is 0 Å². The van der Waals surface area contributed by atoms with Gasteiger partial charge in [0.05, 0.1) is 38.1 Å². The van der Waals surface area contributed by atoms with Crippen LogP contribution in [0.2, 0.25) is 0 Å². The van der Waals surface area contributed by atoms with Gasteiger partial charge in [-0.05, 0) is 20.8 Å². The van der Waals surface area contributed by atoms with E-state index in [0.29, 0.717) is 0 Å². The van der Waals surface area contributed by atoms with Crippen molar-refractivity contribution >= 4 is 17.9 Å². The van der Waals surface area contributed by atoms with Crippen molar-refractivity contribution in [2.75, 3.05) is 19.8 Å². The zero-order valence-electron chi connectivity index (χ0n) is 11.9. The summed E-state index contributed by atoms with van der Waals surface area (Å²) >= 11 is 0. The molecule has 0 fully saturated rings. The number of rotatable bonds is 8. The highest BCUT2D eigenvalue weighted by atomic mass is 16.5. The molecule has 0 unspecified atom stereocenters. The second-order valence-corrected chi connectivity index (χ2v) is 3.91. The van der Waals surface area contributed by atoms with E-state index in [4.69, 9.17) is 14.2 Å². The van der Waals surface area contributed by atoms with Gasteiger partial charge in [-0.25, -0.2) is 0 Å². The third kappa shape index (κ3) is 6.22. The summed E-state index contributed by atoms with van der Waals surface area (Å²) in [7, 11) is 0. The Labute approximate surface area is 113 Å². The smallest absolute Gasteiger partial charge is 0.310 e. The molecule has 0 amide bonds. The van der Waals surface area contributed by atoms with Gasteiger partial charge in [0.25, 0.3) is 0 Å². The molecule has 6 nitrogen and oxygen atoms in total. The molecule has 0 heterocycles. The minimum absolute atomic E-state index is 0.188. The van der Waals surface area contributed by atoms with Crippen molar-refractivity contribution in [1.29, 1.82) is 0 Å². The first-order valence-corrected chi connectivity index (χ1v) is 6.46. The highest BCUT2D eigenvalue weighted by Crippen LogP contribution is 2.20. The normalized spacial score (nSPS) is 13.3. The molecule has 0 aliphatic heterocycles. The predicted octanol–water partition coefficient (Wildman–Crippen LogP) is 1.32. The molecule has 0 aliphatic carbocycles. The van der Waals surface area contributed by atoms with Gasteiger partial charge < -0.3 is 14.2 Å². The second kappa shape index (κ2) is 9.35. The lowest BCUT2D eigenvalue weighted by molar-refractivity contribution is -0.163. The van der Waals surface area contributed by atoms with Gasteiger partial charge in [0.2, 0.25) is 0 Å². The van der Waals surface area contributed by atoms with Crippen LogP contribution in [0.15, 0.2) is 0 Å². The van der Waals surface area contributed by atoms with E-state index in [1.165, 1.54) is 0 Å². The van der Waals surface area contributed by atoms with E-state index >= 15 is 0 Å². The summed E-state index contributed by atoms with van der Waals surface area (Å²) in [6.07, 6.45) is -0.188. The maximum atomic E-state index is 11.8. The van der Waals surface area contributed by atoms with Gasteiger partial charge in [0, 0.05) is 0 Å². The topological polar surface area (TPSA) is 78.9 Å². The molecule has 0 aromatic heterocycles. The van der Waals surface area contributed by atoms with Crippen LogP contribution < -0.4 is 0 Å². The van der Waals surface area contributed by atoms with Crippen LogP contribution in [-0.2, 0) is 28.6 Å². The first kappa shape index (κ1) is 17.4. The second-order valence-electron chi connectivity index (χ2n) is 3.91. The monoisotopic (exact) mass is 274 g/mol. The predicted molar refractivity (Wildman–Crippen MR) is 67.2 cm³/mol. The number of ether oxygens (including phenoxy) is 3. The summed E-state index contributed by atoms with van der Waals surface area (Å²) in [6, 6.07) is 0. The van der Waals surface area contributed by atoms with Crippen LogP contribution in [0.5, 0.6) is 0 Å². The highest BCUT2D eigenvalue weighted by Gasteiger charge is 2.34.